The van der Waals surface area contributed by atoms with Crippen LogP contribution in [0, 0.1) is 11.3 Å². The van der Waals surface area contributed by atoms with E-state index in [0.29, 0.717) is 28.0 Å². The van der Waals surface area contributed by atoms with Crippen LogP contribution in [0.2, 0.25) is 0 Å². The molecule has 100 valence electrons. The summed E-state index contributed by atoms with van der Waals surface area (Å²) in [6.07, 6.45) is 4.52. The molecule has 0 saturated heterocycles. The van der Waals surface area contributed by atoms with Gasteiger partial charge in [0.2, 0.25) is 0 Å². The Morgan fingerprint density at radius 1 is 1.10 bits per heavy atom. The van der Waals surface area contributed by atoms with Gasteiger partial charge in [-0.2, -0.15) is 5.26 Å². The Hall–Kier alpha value is -3.33. The number of aromatic nitrogens is 3. The normalized spacial score (nSPS) is 10.0. The van der Waals surface area contributed by atoms with Crippen molar-refractivity contribution in [1.29, 1.82) is 5.26 Å². The molecule has 0 aliphatic carbocycles. The molecule has 0 aliphatic rings. The van der Waals surface area contributed by atoms with Crippen LogP contribution in [-0.4, -0.2) is 20.9 Å². The molecule has 2 heterocycles. The van der Waals surface area contributed by atoms with E-state index in [9.17, 15) is 4.79 Å². The summed E-state index contributed by atoms with van der Waals surface area (Å²) < 4.78 is 0. The molecule has 6 heteroatoms. The van der Waals surface area contributed by atoms with Crippen LogP contribution in [0.25, 0.3) is 11.0 Å². The molecule has 0 aliphatic heterocycles. The molecule has 3 rings (SSSR count). The van der Waals surface area contributed by atoms with Crippen molar-refractivity contribution in [2.45, 2.75) is 0 Å². The van der Waals surface area contributed by atoms with Crippen molar-refractivity contribution >= 4 is 22.8 Å². The van der Waals surface area contributed by atoms with E-state index in [1.165, 1.54) is 6.20 Å². The van der Waals surface area contributed by atoms with Gasteiger partial charge in [0.1, 0.15) is 17.4 Å². The Morgan fingerprint density at radius 2 is 1.95 bits per heavy atom. The van der Waals surface area contributed by atoms with Crippen LogP contribution < -0.4 is 5.32 Å². The fourth-order valence-corrected chi connectivity index (χ4v) is 1.89. The second-order valence-electron chi connectivity index (χ2n) is 4.23. The zero-order valence-electron chi connectivity index (χ0n) is 10.8. The zero-order chi connectivity index (χ0) is 14.7. The summed E-state index contributed by atoms with van der Waals surface area (Å²) >= 11 is 0. The van der Waals surface area contributed by atoms with Gasteiger partial charge in [0.25, 0.3) is 5.91 Å². The van der Waals surface area contributed by atoms with Gasteiger partial charge < -0.3 is 5.32 Å². The van der Waals surface area contributed by atoms with Crippen LogP contribution in [0.4, 0.5) is 5.82 Å². The highest BCUT2D eigenvalue weighted by Gasteiger charge is 2.12. The van der Waals surface area contributed by atoms with Crippen LogP contribution >= 0.6 is 0 Å². The van der Waals surface area contributed by atoms with E-state index in [0.717, 1.165) is 0 Å². The van der Waals surface area contributed by atoms with Gasteiger partial charge in [-0.05, 0) is 24.3 Å². The summed E-state index contributed by atoms with van der Waals surface area (Å²) in [5, 5.41) is 11.4. The molecular formula is C15H9N5O. The lowest BCUT2D eigenvalue weighted by Gasteiger charge is -2.06. The fourth-order valence-electron chi connectivity index (χ4n) is 1.89. The number of anilines is 1. The molecule has 21 heavy (non-hydrogen) atoms. The molecule has 2 aromatic heterocycles. The van der Waals surface area contributed by atoms with Crippen LogP contribution in [0.15, 0.2) is 48.9 Å². The van der Waals surface area contributed by atoms with Crippen LogP contribution in [0.3, 0.4) is 0 Å². The minimum absolute atomic E-state index is 0.321. The molecule has 0 bridgehead atoms. The van der Waals surface area contributed by atoms with E-state index in [1.54, 1.807) is 42.7 Å². The third-order valence-corrected chi connectivity index (χ3v) is 2.88. The van der Waals surface area contributed by atoms with Gasteiger partial charge in [-0.15, -0.1) is 0 Å². The van der Waals surface area contributed by atoms with E-state index < -0.39 is 0 Å². The average Bonchev–Trinajstić information content (AvgIpc) is 2.55. The van der Waals surface area contributed by atoms with E-state index >= 15 is 0 Å². The van der Waals surface area contributed by atoms with Crippen molar-refractivity contribution in [2.24, 2.45) is 0 Å². The van der Waals surface area contributed by atoms with Crippen LogP contribution in [0.5, 0.6) is 0 Å². The molecular weight excluding hydrogens is 266 g/mol. The average molecular weight is 275 g/mol. The van der Waals surface area contributed by atoms with Crippen LogP contribution in [-0.2, 0) is 0 Å². The first-order chi connectivity index (χ1) is 10.3. The Kier molecular flexibility index (Phi) is 3.23. The van der Waals surface area contributed by atoms with E-state index in [1.807, 2.05) is 6.07 Å². The fraction of sp³-hybridized carbons (Fsp3) is 0. The summed E-state index contributed by atoms with van der Waals surface area (Å²) in [7, 11) is 0. The number of rotatable bonds is 2. The molecule has 1 amide bonds. The molecule has 1 N–H and O–H groups in total. The van der Waals surface area contributed by atoms with Gasteiger partial charge in [0.15, 0.2) is 0 Å². The summed E-state index contributed by atoms with van der Waals surface area (Å²) in [6, 6.07) is 10.4. The van der Waals surface area contributed by atoms with Crippen molar-refractivity contribution in [3.05, 3.63) is 60.0 Å². The predicted molar refractivity (Wildman–Crippen MR) is 76.4 cm³/mol. The van der Waals surface area contributed by atoms with E-state index in [2.05, 4.69) is 20.3 Å². The number of hydrogen-bond donors (Lipinski definition) is 1. The number of fused-ring (bicyclic) bond motifs is 1. The smallest absolute Gasteiger partial charge is 0.259 e. The second-order valence-corrected chi connectivity index (χ2v) is 4.23. The number of carbonyl (C=O) groups is 1. The lowest BCUT2D eigenvalue weighted by Crippen LogP contribution is -2.13. The first kappa shape index (κ1) is 12.7. The molecule has 0 unspecified atom stereocenters. The van der Waals surface area contributed by atoms with E-state index in [-0.39, 0.29) is 5.91 Å². The largest absolute Gasteiger partial charge is 0.306 e. The minimum Gasteiger partial charge on any atom is -0.306 e. The summed E-state index contributed by atoms with van der Waals surface area (Å²) in [6.45, 7) is 0. The second kappa shape index (κ2) is 5.35. The minimum atomic E-state index is -0.321. The summed E-state index contributed by atoms with van der Waals surface area (Å²) in [4.78, 5) is 24.6. The highest BCUT2D eigenvalue weighted by atomic mass is 16.1. The highest BCUT2D eigenvalue weighted by Crippen LogP contribution is 2.15. The number of para-hydroxylation sites is 1. The maximum Gasteiger partial charge on any atom is 0.259 e. The van der Waals surface area contributed by atoms with Crippen molar-refractivity contribution in [1.82, 2.24) is 15.0 Å². The third kappa shape index (κ3) is 2.53. The SMILES string of the molecule is N#Cc1ccc(NC(=O)c2cccc3nccnc23)nc1. The maximum absolute atomic E-state index is 12.3. The molecule has 0 fully saturated rings. The number of nitriles is 1. The van der Waals surface area contributed by atoms with Crippen molar-refractivity contribution < 1.29 is 4.79 Å². The van der Waals surface area contributed by atoms with Gasteiger partial charge in [-0.1, -0.05) is 6.07 Å². The van der Waals surface area contributed by atoms with Crippen molar-refractivity contribution in [2.75, 3.05) is 5.32 Å². The molecule has 0 spiro atoms. The molecule has 0 saturated carbocycles. The van der Waals surface area contributed by atoms with Gasteiger partial charge in [-0.25, -0.2) is 4.98 Å². The van der Waals surface area contributed by atoms with Gasteiger partial charge in [0.05, 0.1) is 16.6 Å². The standard InChI is InChI=1S/C15H9N5O/c16-8-10-4-5-13(19-9-10)20-15(21)11-2-1-3-12-14(11)18-7-6-17-12/h1-7,9H,(H,19,20,21). The lowest BCUT2D eigenvalue weighted by molar-refractivity contribution is 0.102. The number of pyridine rings is 1. The Labute approximate surface area is 120 Å². The molecule has 0 radical (unpaired) electrons. The Bertz CT molecular complexity index is 847. The Morgan fingerprint density at radius 3 is 2.71 bits per heavy atom. The lowest BCUT2D eigenvalue weighted by atomic mass is 10.1. The maximum atomic E-state index is 12.3. The van der Waals surface area contributed by atoms with Gasteiger partial charge in [-0.3, -0.25) is 14.8 Å². The number of amides is 1. The number of nitrogens with one attached hydrogen (secondary N) is 1. The van der Waals surface area contributed by atoms with Crippen LogP contribution in [0.1, 0.15) is 15.9 Å². The number of nitrogens with zero attached hydrogens (tertiary/aromatic N) is 4. The van der Waals surface area contributed by atoms with Gasteiger partial charge in [0, 0.05) is 18.6 Å². The quantitative estimate of drug-likeness (QED) is 0.773. The molecule has 0 atom stereocenters. The first-order valence-electron chi connectivity index (χ1n) is 6.15. The number of carbonyl (C=O) groups excluding carboxylic acids is 1. The van der Waals surface area contributed by atoms with E-state index in [4.69, 9.17) is 5.26 Å². The number of hydrogen-bond acceptors (Lipinski definition) is 5. The predicted octanol–water partition coefficient (Wildman–Crippen LogP) is 2.15. The zero-order valence-corrected chi connectivity index (χ0v) is 10.8. The van der Waals surface area contributed by atoms with Crippen molar-refractivity contribution in [3.8, 4) is 6.07 Å². The first-order valence-corrected chi connectivity index (χ1v) is 6.15. The molecule has 6 nitrogen and oxygen atoms in total. The highest BCUT2D eigenvalue weighted by molar-refractivity contribution is 6.10. The monoisotopic (exact) mass is 275 g/mol. The molecule has 3 aromatic rings. The van der Waals surface area contributed by atoms with Gasteiger partial charge >= 0.3 is 0 Å². The third-order valence-electron chi connectivity index (χ3n) is 2.88. The summed E-state index contributed by atoms with van der Waals surface area (Å²) in [5.41, 5.74) is 2.04. The number of benzene rings is 1. The Balaban J connectivity index is 1.92. The topological polar surface area (TPSA) is 91.6 Å². The summed E-state index contributed by atoms with van der Waals surface area (Å²) in [5.74, 6) is 0.0539. The molecule has 1 aromatic carbocycles. The van der Waals surface area contributed by atoms with Crippen molar-refractivity contribution in [3.63, 3.8) is 0 Å².